The van der Waals surface area contributed by atoms with E-state index in [1.165, 1.54) is 0 Å². The predicted octanol–water partition coefficient (Wildman–Crippen LogP) is 4.04. The van der Waals surface area contributed by atoms with Crippen molar-refractivity contribution in [2.45, 2.75) is 30.6 Å². The highest BCUT2D eigenvalue weighted by atomic mass is 32.2. The highest BCUT2D eigenvalue weighted by Gasteiger charge is 2.06. The van der Waals surface area contributed by atoms with Crippen molar-refractivity contribution in [3.8, 4) is 5.75 Å². The van der Waals surface area contributed by atoms with Crippen LogP contribution in [0.1, 0.15) is 36.0 Å². The number of phenols is 1. The molecule has 5 nitrogen and oxygen atoms in total. The van der Waals surface area contributed by atoms with Crippen LogP contribution in [0.15, 0.2) is 53.4 Å². The SMILES string of the molecule is CNC(=O)c1cccc(SCCCCCC(=O)Nc2ccccc2O)c1. The van der Waals surface area contributed by atoms with E-state index in [0.29, 0.717) is 17.7 Å². The number of aromatic hydroxyl groups is 1. The molecule has 2 aromatic carbocycles. The van der Waals surface area contributed by atoms with E-state index in [1.807, 2.05) is 18.2 Å². The molecule has 0 aliphatic carbocycles. The Morgan fingerprint density at radius 2 is 1.85 bits per heavy atom. The van der Waals surface area contributed by atoms with Crippen LogP contribution in [-0.2, 0) is 4.79 Å². The van der Waals surface area contributed by atoms with E-state index in [0.717, 1.165) is 29.9 Å². The molecule has 0 bridgehead atoms. The normalized spacial score (nSPS) is 10.3. The third-order valence-electron chi connectivity index (χ3n) is 3.82. The summed E-state index contributed by atoms with van der Waals surface area (Å²) in [7, 11) is 1.62. The van der Waals surface area contributed by atoms with Crippen LogP contribution in [0.4, 0.5) is 5.69 Å². The lowest BCUT2D eigenvalue weighted by Crippen LogP contribution is -2.17. The molecule has 2 aromatic rings. The average Bonchev–Trinajstić information content (AvgIpc) is 2.66. The molecule has 6 heteroatoms. The van der Waals surface area contributed by atoms with Gasteiger partial charge >= 0.3 is 0 Å². The zero-order valence-electron chi connectivity index (χ0n) is 14.8. The van der Waals surface area contributed by atoms with Crippen LogP contribution < -0.4 is 10.6 Å². The van der Waals surface area contributed by atoms with Crippen LogP contribution in [0.5, 0.6) is 5.75 Å². The number of amides is 2. The number of nitrogens with one attached hydrogen (secondary N) is 2. The van der Waals surface area contributed by atoms with E-state index in [-0.39, 0.29) is 17.6 Å². The topological polar surface area (TPSA) is 78.4 Å². The Labute approximate surface area is 158 Å². The molecule has 0 aliphatic heterocycles. The number of carbonyl (C=O) groups is 2. The van der Waals surface area contributed by atoms with Gasteiger partial charge in [-0.05, 0) is 48.9 Å². The highest BCUT2D eigenvalue weighted by molar-refractivity contribution is 7.99. The largest absolute Gasteiger partial charge is 0.506 e. The van der Waals surface area contributed by atoms with Gasteiger partial charge in [-0.25, -0.2) is 0 Å². The molecule has 0 fully saturated rings. The van der Waals surface area contributed by atoms with Gasteiger partial charge in [0.25, 0.3) is 5.91 Å². The Balaban J connectivity index is 1.63. The summed E-state index contributed by atoms with van der Waals surface area (Å²) >= 11 is 1.71. The first-order valence-corrected chi connectivity index (χ1v) is 9.61. The molecule has 138 valence electrons. The molecular weight excluding hydrogens is 348 g/mol. The summed E-state index contributed by atoms with van der Waals surface area (Å²) in [6.45, 7) is 0. The molecule has 0 spiro atoms. The number of thioether (sulfide) groups is 1. The number of benzene rings is 2. The molecule has 0 aliphatic rings. The lowest BCUT2D eigenvalue weighted by atomic mass is 10.2. The van der Waals surface area contributed by atoms with Crippen LogP contribution in [0.25, 0.3) is 0 Å². The predicted molar refractivity (Wildman–Crippen MR) is 106 cm³/mol. The second-order valence-electron chi connectivity index (χ2n) is 5.83. The van der Waals surface area contributed by atoms with Crippen molar-refractivity contribution in [1.82, 2.24) is 5.32 Å². The van der Waals surface area contributed by atoms with Gasteiger partial charge < -0.3 is 15.7 Å². The smallest absolute Gasteiger partial charge is 0.251 e. The quantitative estimate of drug-likeness (QED) is 0.353. The summed E-state index contributed by atoms with van der Waals surface area (Å²) in [6, 6.07) is 14.3. The van der Waals surface area contributed by atoms with E-state index >= 15 is 0 Å². The zero-order valence-corrected chi connectivity index (χ0v) is 15.6. The number of carbonyl (C=O) groups excluding carboxylic acids is 2. The van der Waals surface area contributed by atoms with Gasteiger partial charge in [0, 0.05) is 23.9 Å². The maximum atomic E-state index is 11.9. The molecule has 0 radical (unpaired) electrons. The maximum absolute atomic E-state index is 11.9. The van der Waals surface area contributed by atoms with Crippen LogP contribution in [0.3, 0.4) is 0 Å². The number of rotatable bonds is 9. The first kappa shape index (κ1) is 19.8. The summed E-state index contributed by atoms with van der Waals surface area (Å²) in [6.07, 6.45) is 3.19. The standard InChI is InChI=1S/C20H24N2O3S/c1-21-20(25)15-8-7-9-16(14-15)26-13-6-2-3-12-19(24)22-17-10-4-5-11-18(17)23/h4-5,7-11,14,23H,2-3,6,12-13H2,1H3,(H,21,25)(H,22,24). The second kappa shape index (κ2) is 10.5. The van der Waals surface area contributed by atoms with E-state index in [2.05, 4.69) is 10.6 Å². The lowest BCUT2D eigenvalue weighted by Gasteiger charge is -2.07. The molecule has 2 rings (SSSR count). The summed E-state index contributed by atoms with van der Waals surface area (Å²) in [5.41, 5.74) is 1.11. The van der Waals surface area contributed by atoms with Crippen LogP contribution >= 0.6 is 11.8 Å². The number of unbranched alkanes of at least 4 members (excludes halogenated alkanes) is 2. The van der Waals surface area contributed by atoms with Crippen molar-refractivity contribution in [3.63, 3.8) is 0 Å². The lowest BCUT2D eigenvalue weighted by molar-refractivity contribution is -0.116. The van der Waals surface area contributed by atoms with Gasteiger partial charge in [-0.15, -0.1) is 11.8 Å². The average molecular weight is 372 g/mol. The summed E-state index contributed by atoms with van der Waals surface area (Å²) in [5.74, 6) is 0.856. The van der Waals surface area contributed by atoms with E-state index in [4.69, 9.17) is 0 Å². The summed E-state index contributed by atoms with van der Waals surface area (Å²) in [4.78, 5) is 24.6. The maximum Gasteiger partial charge on any atom is 0.251 e. The fourth-order valence-electron chi connectivity index (χ4n) is 2.42. The fraction of sp³-hybridized carbons (Fsp3) is 0.300. The zero-order chi connectivity index (χ0) is 18.8. The van der Waals surface area contributed by atoms with Crippen molar-refractivity contribution >= 4 is 29.3 Å². The molecule has 2 amide bonds. The van der Waals surface area contributed by atoms with Gasteiger partial charge in [0.1, 0.15) is 5.75 Å². The number of hydrogen-bond donors (Lipinski definition) is 3. The number of phenolic OH excluding ortho intramolecular Hbond substituents is 1. The molecule has 26 heavy (non-hydrogen) atoms. The first-order valence-electron chi connectivity index (χ1n) is 8.63. The minimum absolute atomic E-state index is 0.0798. The van der Waals surface area contributed by atoms with Crippen molar-refractivity contribution in [2.24, 2.45) is 0 Å². The van der Waals surface area contributed by atoms with Crippen LogP contribution in [0.2, 0.25) is 0 Å². The van der Waals surface area contributed by atoms with Crippen LogP contribution in [-0.4, -0.2) is 29.7 Å². The van der Waals surface area contributed by atoms with Gasteiger partial charge in [0.15, 0.2) is 0 Å². The molecule has 3 N–H and O–H groups in total. The molecule has 0 saturated carbocycles. The number of hydrogen-bond acceptors (Lipinski definition) is 4. The van der Waals surface area contributed by atoms with E-state index < -0.39 is 0 Å². The van der Waals surface area contributed by atoms with Gasteiger partial charge in [0.05, 0.1) is 5.69 Å². The molecule has 0 heterocycles. The molecular formula is C20H24N2O3S. The number of para-hydroxylation sites is 2. The second-order valence-corrected chi connectivity index (χ2v) is 7.00. The van der Waals surface area contributed by atoms with Gasteiger partial charge in [-0.1, -0.05) is 24.6 Å². The molecule has 0 aromatic heterocycles. The minimum atomic E-state index is -0.0857. The molecule has 0 unspecified atom stereocenters. The van der Waals surface area contributed by atoms with Crippen molar-refractivity contribution in [3.05, 3.63) is 54.1 Å². The Morgan fingerprint density at radius 3 is 2.62 bits per heavy atom. The van der Waals surface area contributed by atoms with Crippen LogP contribution in [0, 0.1) is 0 Å². The molecule has 0 saturated heterocycles. The van der Waals surface area contributed by atoms with Crippen molar-refractivity contribution in [2.75, 3.05) is 18.1 Å². The van der Waals surface area contributed by atoms with Gasteiger partial charge in [-0.3, -0.25) is 9.59 Å². The fourth-order valence-corrected chi connectivity index (χ4v) is 3.39. The Bertz CT molecular complexity index is 749. The van der Waals surface area contributed by atoms with Gasteiger partial charge in [-0.2, -0.15) is 0 Å². The molecule has 0 atom stereocenters. The monoisotopic (exact) mass is 372 g/mol. The first-order chi connectivity index (χ1) is 12.6. The Morgan fingerprint density at radius 1 is 1.04 bits per heavy atom. The Hall–Kier alpha value is -2.47. The third-order valence-corrected chi connectivity index (χ3v) is 4.90. The minimum Gasteiger partial charge on any atom is -0.506 e. The Kier molecular flexibility index (Phi) is 8.02. The number of anilines is 1. The highest BCUT2D eigenvalue weighted by Crippen LogP contribution is 2.23. The summed E-state index contributed by atoms with van der Waals surface area (Å²) < 4.78 is 0. The van der Waals surface area contributed by atoms with Crippen molar-refractivity contribution < 1.29 is 14.7 Å². The van der Waals surface area contributed by atoms with Gasteiger partial charge in [0.2, 0.25) is 5.91 Å². The third kappa shape index (κ3) is 6.44. The van der Waals surface area contributed by atoms with E-state index in [9.17, 15) is 14.7 Å². The van der Waals surface area contributed by atoms with E-state index in [1.54, 1.807) is 49.1 Å². The van der Waals surface area contributed by atoms with Crippen molar-refractivity contribution in [1.29, 1.82) is 0 Å². The summed E-state index contributed by atoms with van der Waals surface area (Å²) in [5, 5.41) is 15.0.